The van der Waals surface area contributed by atoms with Crippen LogP contribution in [0.5, 0.6) is 0 Å². The quantitative estimate of drug-likeness (QED) is 0.573. The number of carbonyl (C=O) groups excluding carboxylic acids is 1. The smallest absolute Gasteiger partial charge is 0.335 e. The summed E-state index contributed by atoms with van der Waals surface area (Å²) in [4.78, 5) is 29.0. The molecule has 0 saturated carbocycles. The molecule has 20 heavy (non-hydrogen) atoms. The van der Waals surface area contributed by atoms with Crippen molar-refractivity contribution in [3.05, 3.63) is 35.4 Å². The second-order valence-electron chi connectivity index (χ2n) is 4.97. The van der Waals surface area contributed by atoms with E-state index in [4.69, 9.17) is 20.1 Å². The zero-order valence-electron chi connectivity index (χ0n) is 11.9. The van der Waals surface area contributed by atoms with Gasteiger partial charge < -0.3 is 24.6 Å². The maximum atomic E-state index is 10.4. The fourth-order valence-corrected chi connectivity index (χ4v) is 0.785. The molecule has 1 aromatic carbocycles. The van der Waals surface area contributed by atoms with Crippen molar-refractivity contribution < 1.29 is 34.2 Å². The molecule has 0 saturated heterocycles. The maximum absolute atomic E-state index is 10.4. The van der Waals surface area contributed by atoms with Crippen molar-refractivity contribution in [2.75, 3.05) is 28.2 Å². The van der Waals surface area contributed by atoms with Gasteiger partial charge in [0.2, 0.25) is 0 Å². The van der Waals surface area contributed by atoms with Crippen molar-refractivity contribution in [3.8, 4) is 0 Å². The summed E-state index contributed by atoms with van der Waals surface area (Å²) in [6.07, 6.45) is 0. The molecule has 0 amide bonds. The highest BCUT2D eigenvalue weighted by molar-refractivity contribution is 5.93. The zero-order chi connectivity index (χ0) is 16.3. The molecule has 7 heteroatoms. The van der Waals surface area contributed by atoms with Crippen molar-refractivity contribution in [1.29, 1.82) is 0 Å². The fourth-order valence-electron chi connectivity index (χ4n) is 0.785. The molecule has 0 aliphatic carbocycles. The van der Waals surface area contributed by atoms with Crippen molar-refractivity contribution in [1.82, 2.24) is 0 Å². The molecule has 0 spiro atoms. The number of aromatic carboxylic acids is 2. The van der Waals surface area contributed by atoms with Crippen molar-refractivity contribution >= 4 is 18.4 Å². The van der Waals surface area contributed by atoms with Gasteiger partial charge in [-0.2, -0.15) is 0 Å². The van der Waals surface area contributed by atoms with E-state index >= 15 is 0 Å². The SMILES string of the molecule is C[N+](C)(C)C.O=C(O)c1cccc(C(=O)O)c1.O=C[O-]. The van der Waals surface area contributed by atoms with Gasteiger partial charge >= 0.3 is 11.9 Å². The Kier molecular flexibility index (Phi) is 9.47. The summed E-state index contributed by atoms with van der Waals surface area (Å²) in [6.45, 7) is -0.500. The summed E-state index contributed by atoms with van der Waals surface area (Å²) in [5.41, 5.74) is -0.0372. The standard InChI is InChI=1S/C8H6O4.C4H12N.CH2O2/c9-7(10)5-2-1-3-6(4-5)8(11)12;1-5(2,3)4;2-1-3/h1-4H,(H,9,10)(H,11,12);1-4H3;1H,(H,2,3)/q;+1;/p-1. The molecule has 0 heterocycles. The number of carbonyl (C=O) groups is 3. The summed E-state index contributed by atoms with van der Waals surface area (Å²) < 4.78 is 1.00. The molecule has 0 fully saturated rings. The summed E-state index contributed by atoms with van der Waals surface area (Å²) in [6, 6.07) is 5.20. The van der Waals surface area contributed by atoms with Crippen LogP contribution in [0.2, 0.25) is 0 Å². The van der Waals surface area contributed by atoms with E-state index < -0.39 is 18.4 Å². The Morgan fingerprint density at radius 2 is 1.30 bits per heavy atom. The summed E-state index contributed by atoms with van der Waals surface area (Å²) in [5, 5.41) is 25.2. The third-order valence-electron chi connectivity index (χ3n) is 1.36. The minimum absolute atomic E-state index is 0.0186. The van der Waals surface area contributed by atoms with E-state index in [9.17, 15) is 9.59 Å². The first kappa shape index (κ1) is 19.9. The molecule has 2 N–H and O–H groups in total. The predicted molar refractivity (Wildman–Crippen MR) is 70.4 cm³/mol. The monoisotopic (exact) mass is 285 g/mol. The molecule has 0 atom stereocenters. The molecule has 1 rings (SSSR count). The largest absolute Gasteiger partial charge is 0.554 e. The van der Waals surface area contributed by atoms with Crippen LogP contribution in [0.1, 0.15) is 20.7 Å². The van der Waals surface area contributed by atoms with Crippen molar-refractivity contribution in [3.63, 3.8) is 0 Å². The van der Waals surface area contributed by atoms with Crippen molar-refractivity contribution in [2.45, 2.75) is 0 Å². The number of nitrogens with zero attached hydrogens (tertiary/aromatic N) is 1. The zero-order valence-corrected chi connectivity index (χ0v) is 11.9. The first-order valence-electron chi connectivity index (χ1n) is 5.44. The van der Waals surface area contributed by atoms with Crippen LogP contribution in [-0.4, -0.2) is 61.3 Å². The molecule has 0 radical (unpaired) electrons. The molecule has 112 valence electrons. The average Bonchev–Trinajstić information content (AvgIpc) is 2.28. The van der Waals surface area contributed by atoms with Crippen LogP contribution in [0, 0.1) is 0 Å². The van der Waals surface area contributed by atoms with Crippen LogP contribution < -0.4 is 5.11 Å². The Morgan fingerprint density at radius 1 is 1.05 bits per heavy atom. The molecule has 0 unspecified atom stereocenters. The minimum atomic E-state index is -1.13. The topological polar surface area (TPSA) is 115 Å². The maximum Gasteiger partial charge on any atom is 0.335 e. The Hall–Kier alpha value is -2.41. The van der Waals surface area contributed by atoms with Gasteiger partial charge in [-0.25, -0.2) is 9.59 Å². The Balaban J connectivity index is 0. The van der Waals surface area contributed by atoms with Crippen LogP contribution in [0.25, 0.3) is 0 Å². The van der Waals surface area contributed by atoms with Gasteiger partial charge in [0.05, 0.1) is 39.3 Å². The molecule has 0 aliphatic rings. The van der Waals surface area contributed by atoms with Gasteiger partial charge in [0.25, 0.3) is 0 Å². The van der Waals surface area contributed by atoms with Crippen LogP contribution in [-0.2, 0) is 4.79 Å². The lowest BCUT2D eigenvalue weighted by Crippen LogP contribution is -2.27. The molecule has 0 aliphatic heterocycles. The molecular weight excluding hydrogens is 266 g/mol. The molecule has 7 nitrogen and oxygen atoms in total. The summed E-state index contributed by atoms with van der Waals surface area (Å²) >= 11 is 0. The highest BCUT2D eigenvalue weighted by atomic mass is 16.4. The van der Waals surface area contributed by atoms with E-state index in [1.54, 1.807) is 0 Å². The molecular formula is C13H19NO6. The van der Waals surface area contributed by atoms with E-state index in [1.165, 1.54) is 18.2 Å². The van der Waals surface area contributed by atoms with E-state index in [0.717, 1.165) is 10.5 Å². The number of carboxylic acids is 2. The number of hydrogen-bond acceptors (Lipinski definition) is 4. The van der Waals surface area contributed by atoms with Crippen LogP contribution in [0.4, 0.5) is 0 Å². The Labute approximate surface area is 117 Å². The van der Waals surface area contributed by atoms with Crippen molar-refractivity contribution in [2.24, 2.45) is 0 Å². The number of carboxylic acid groups (broad SMARTS) is 3. The number of hydrogen-bond donors (Lipinski definition) is 2. The van der Waals surface area contributed by atoms with Crippen LogP contribution in [0.3, 0.4) is 0 Å². The Morgan fingerprint density at radius 3 is 1.50 bits per heavy atom. The van der Waals surface area contributed by atoms with E-state index in [1.807, 2.05) is 0 Å². The third-order valence-corrected chi connectivity index (χ3v) is 1.36. The lowest BCUT2D eigenvalue weighted by Gasteiger charge is -2.14. The van der Waals surface area contributed by atoms with E-state index in [2.05, 4.69) is 28.2 Å². The highest BCUT2D eigenvalue weighted by Crippen LogP contribution is 2.04. The van der Waals surface area contributed by atoms with Gasteiger partial charge in [0, 0.05) is 6.47 Å². The molecule has 1 aromatic rings. The lowest BCUT2D eigenvalue weighted by atomic mass is 10.1. The van der Waals surface area contributed by atoms with E-state index in [0.29, 0.717) is 0 Å². The first-order valence-corrected chi connectivity index (χ1v) is 5.44. The third kappa shape index (κ3) is 13.7. The molecule has 0 aromatic heterocycles. The molecule has 0 bridgehead atoms. The van der Waals surface area contributed by atoms with Crippen LogP contribution >= 0.6 is 0 Å². The van der Waals surface area contributed by atoms with Crippen LogP contribution in [0.15, 0.2) is 24.3 Å². The number of benzene rings is 1. The van der Waals surface area contributed by atoms with Gasteiger partial charge in [-0.05, 0) is 18.2 Å². The minimum Gasteiger partial charge on any atom is -0.554 e. The van der Waals surface area contributed by atoms with Gasteiger partial charge in [0.15, 0.2) is 0 Å². The van der Waals surface area contributed by atoms with Gasteiger partial charge in [-0.1, -0.05) is 6.07 Å². The highest BCUT2D eigenvalue weighted by Gasteiger charge is 2.06. The lowest BCUT2D eigenvalue weighted by molar-refractivity contribution is -0.849. The summed E-state index contributed by atoms with van der Waals surface area (Å²) in [5.74, 6) is -2.25. The average molecular weight is 285 g/mol. The van der Waals surface area contributed by atoms with E-state index in [-0.39, 0.29) is 11.1 Å². The normalized spacial score (nSPS) is 9.20. The second-order valence-corrected chi connectivity index (χ2v) is 4.97. The predicted octanol–water partition coefficient (Wildman–Crippen LogP) is -0.228. The van der Waals surface area contributed by atoms with Gasteiger partial charge in [0.1, 0.15) is 0 Å². The Bertz CT molecular complexity index is 415. The second kappa shape index (κ2) is 9.51. The van der Waals surface area contributed by atoms with Gasteiger partial charge in [-0.15, -0.1) is 0 Å². The fraction of sp³-hybridized carbons (Fsp3) is 0.308. The first-order chi connectivity index (χ1) is 9.02. The number of rotatable bonds is 2. The summed E-state index contributed by atoms with van der Waals surface area (Å²) in [7, 11) is 8.50. The van der Waals surface area contributed by atoms with Gasteiger partial charge in [-0.3, -0.25) is 0 Å². The number of quaternary nitrogens is 1.